The molecule has 2 aromatic carbocycles. The molecule has 0 aliphatic heterocycles. The number of aryl methyl sites for hydroxylation is 2. The number of aliphatic hydroxyl groups is 1. The molecule has 0 unspecified atom stereocenters. The van der Waals surface area contributed by atoms with Crippen LogP contribution in [0, 0.1) is 20.8 Å². The van der Waals surface area contributed by atoms with Gasteiger partial charge in [-0.1, -0.05) is 24.3 Å². The number of ether oxygens (including phenoxy) is 1. The Balaban J connectivity index is 2.31. The van der Waals surface area contributed by atoms with E-state index in [0.717, 1.165) is 28.2 Å². The monoisotopic (exact) mass is 242 g/mol. The van der Waals surface area contributed by atoms with E-state index >= 15 is 0 Å². The second kappa shape index (κ2) is 5.23. The fourth-order valence-corrected chi connectivity index (χ4v) is 1.88. The molecule has 0 saturated heterocycles. The zero-order chi connectivity index (χ0) is 13.1. The molecular weight excluding hydrogens is 224 g/mol. The molecule has 2 heteroatoms. The first-order valence-electron chi connectivity index (χ1n) is 6.06. The summed E-state index contributed by atoms with van der Waals surface area (Å²) in [6.45, 7) is 6.18. The number of rotatable bonds is 3. The second-order valence-electron chi connectivity index (χ2n) is 4.56. The van der Waals surface area contributed by atoms with Gasteiger partial charge in [0.1, 0.15) is 11.5 Å². The van der Waals surface area contributed by atoms with Crippen LogP contribution in [-0.4, -0.2) is 5.11 Å². The molecule has 0 saturated carbocycles. The Labute approximate surface area is 108 Å². The average Bonchev–Trinajstić information content (AvgIpc) is 2.37. The zero-order valence-electron chi connectivity index (χ0n) is 11.0. The highest BCUT2D eigenvalue weighted by Crippen LogP contribution is 2.29. The second-order valence-corrected chi connectivity index (χ2v) is 4.56. The van der Waals surface area contributed by atoms with Gasteiger partial charge in [-0.25, -0.2) is 0 Å². The molecule has 0 aliphatic carbocycles. The first-order valence-corrected chi connectivity index (χ1v) is 6.06. The van der Waals surface area contributed by atoms with E-state index in [4.69, 9.17) is 9.84 Å². The molecule has 2 nitrogen and oxygen atoms in total. The molecule has 2 aromatic rings. The van der Waals surface area contributed by atoms with E-state index in [0.29, 0.717) is 0 Å². The molecule has 0 radical (unpaired) electrons. The summed E-state index contributed by atoms with van der Waals surface area (Å²) < 4.78 is 5.94. The van der Waals surface area contributed by atoms with Gasteiger partial charge >= 0.3 is 0 Å². The van der Waals surface area contributed by atoms with Crippen LogP contribution in [0.1, 0.15) is 22.3 Å². The molecule has 0 atom stereocenters. The maximum Gasteiger partial charge on any atom is 0.130 e. The minimum absolute atomic E-state index is 0.0601. The highest BCUT2D eigenvalue weighted by molar-refractivity contribution is 5.44. The van der Waals surface area contributed by atoms with E-state index in [1.807, 2.05) is 37.3 Å². The van der Waals surface area contributed by atoms with Crippen LogP contribution in [0.4, 0.5) is 0 Å². The molecule has 0 spiro atoms. The van der Waals surface area contributed by atoms with Crippen LogP contribution < -0.4 is 4.74 Å². The first kappa shape index (κ1) is 12.7. The number of aliphatic hydroxyl groups excluding tert-OH is 1. The molecule has 1 N–H and O–H groups in total. The van der Waals surface area contributed by atoms with Crippen LogP contribution >= 0.6 is 0 Å². The highest BCUT2D eigenvalue weighted by Gasteiger charge is 2.06. The summed E-state index contributed by atoms with van der Waals surface area (Å²) in [6, 6.07) is 11.8. The summed E-state index contributed by atoms with van der Waals surface area (Å²) in [5.41, 5.74) is 4.31. The molecule has 0 heterocycles. The van der Waals surface area contributed by atoms with Crippen LogP contribution in [0.3, 0.4) is 0 Å². The van der Waals surface area contributed by atoms with E-state index < -0.39 is 0 Å². The lowest BCUT2D eigenvalue weighted by atomic mass is 10.1. The van der Waals surface area contributed by atoms with Gasteiger partial charge in [-0.2, -0.15) is 0 Å². The Hall–Kier alpha value is -1.80. The van der Waals surface area contributed by atoms with Crippen LogP contribution in [0.2, 0.25) is 0 Å². The molecule has 18 heavy (non-hydrogen) atoms. The third-order valence-electron chi connectivity index (χ3n) is 3.20. The Morgan fingerprint density at radius 2 is 1.72 bits per heavy atom. The van der Waals surface area contributed by atoms with Crippen molar-refractivity contribution in [2.24, 2.45) is 0 Å². The molecule has 2 rings (SSSR count). The van der Waals surface area contributed by atoms with Crippen LogP contribution in [0.5, 0.6) is 11.5 Å². The van der Waals surface area contributed by atoms with E-state index in [1.165, 1.54) is 5.56 Å². The Bertz CT molecular complexity index is 559. The van der Waals surface area contributed by atoms with E-state index in [9.17, 15) is 0 Å². The van der Waals surface area contributed by atoms with Crippen molar-refractivity contribution < 1.29 is 9.84 Å². The summed E-state index contributed by atoms with van der Waals surface area (Å²) in [5, 5.41) is 9.08. The number of hydrogen-bond donors (Lipinski definition) is 1. The molecular formula is C16H18O2. The molecule has 94 valence electrons. The normalized spacial score (nSPS) is 10.4. The lowest BCUT2D eigenvalue weighted by molar-refractivity contribution is 0.281. The van der Waals surface area contributed by atoms with Crippen molar-refractivity contribution in [1.29, 1.82) is 0 Å². The summed E-state index contributed by atoms with van der Waals surface area (Å²) >= 11 is 0. The Morgan fingerprint density at radius 1 is 0.944 bits per heavy atom. The lowest BCUT2D eigenvalue weighted by Gasteiger charge is -2.13. The van der Waals surface area contributed by atoms with Gasteiger partial charge < -0.3 is 9.84 Å². The molecule has 0 aliphatic rings. The van der Waals surface area contributed by atoms with Gasteiger partial charge in [0.2, 0.25) is 0 Å². The maximum absolute atomic E-state index is 9.08. The smallest absolute Gasteiger partial charge is 0.130 e. The number of benzene rings is 2. The van der Waals surface area contributed by atoms with Gasteiger partial charge in [0.15, 0.2) is 0 Å². The summed E-state index contributed by atoms with van der Waals surface area (Å²) in [5.74, 6) is 1.72. The van der Waals surface area contributed by atoms with Gasteiger partial charge in [0, 0.05) is 0 Å². The van der Waals surface area contributed by atoms with Crippen LogP contribution in [0.15, 0.2) is 36.4 Å². The van der Waals surface area contributed by atoms with Crippen LogP contribution in [0.25, 0.3) is 0 Å². The van der Waals surface area contributed by atoms with Gasteiger partial charge in [-0.3, -0.25) is 0 Å². The Morgan fingerprint density at radius 3 is 2.39 bits per heavy atom. The van der Waals surface area contributed by atoms with Crippen molar-refractivity contribution >= 4 is 0 Å². The molecule has 0 fully saturated rings. The van der Waals surface area contributed by atoms with Crippen molar-refractivity contribution in [3.63, 3.8) is 0 Å². The van der Waals surface area contributed by atoms with Crippen molar-refractivity contribution in [3.05, 3.63) is 58.7 Å². The van der Waals surface area contributed by atoms with Gasteiger partial charge in [0.05, 0.1) is 6.61 Å². The molecule has 0 bridgehead atoms. The van der Waals surface area contributed by atoms with E-state index in [2.05, 4.69) is 19.9 Å². The van der Waals surface area contributed by atoms with Crippen molar-refractivity contribution in [2.75, 3.05) is 0 Å². The SMILES string of the molecule is Cc1cc(CO)ccc1Oc1cccc(C)c1C. The van der Waals surface area contributed by atoms with Crippen LogP contribution in [-0.2, 0) is 6.61 Å². The summed E-state index contributed by atoms with van der Waals surface area (Å²) in [7, 11) is 0. The predicted molar refractivity (Wildman–Crippen MR) is 73.1 cm³/mol. The third-order valence-corrected chi connectivity index (χ3v) is 3.20. The van der Waals surface area contributed by atoms with Gasteiger partial charge in [-0.15, -0.1) is 0 Å². The molecule has 0 aromatic heterocycles. The fourth-order valence-electron chi connectivity index (χ4n) is 1.88. The largest absolute Gasteiger partial charge is 0.457 e. The summed E-state index contributed by atoms with van der Waals surface area (Å²) in [4.78, 5) is 0. The van der Waals surface area contributed by atoms with Gasteiger partial charge in [0.25, 0.3) is 0 Å². The van der Waals surface area contributed by atoms with Crippen molar-refractivity contribution in [1.82, 2.24) is 0 Å². The quantitative estimate of drug-likeness (QED) is 0.884. The summed E-state index contributed by atoms with van der Waals surface area (Å²) in [6.07, 6.45) is 0. The third kappa shape index (κ3) is 2.54. The average molecular weight is 242 g/mol. The maximum atomic E-state index is 9.08. The topological polar surface area (TPSA) is 29.5 Å². The number of hydrogen-bond acceptors (Lipinski definition) is 2. The Kier molecular flexibility index (Phi) is 3.68. The standard InChI is InChI=1S/C16H18O2/c1-11-5-4-6-16(13(11)3)18-15-8-7-14(10-17)9-12(15)2/h4-9,17H,10H2,1-3H3. The minimum Gasteiger partial charge on any atom is -0.457 e. The van der Waals surface area contributed by atoms with Crippen molar-refractivity contribution in [2.45, 2.75) is 27.4 Å². The lowest BCUT2D eigenvalue weighted by Crippen LogP contribution is -1.93. The van der Waals surface area contributed by atoms with Gasteiger partial charge in [-0.05, 0) is 55.2 Å². The van der Waals surface area contributed by atoms with E-state index in [1.54, 1.807) is 0 Å². The zero-order valence-corrected chi connectivity index (χ0v) is 11.0. The predicted octanol–water partition coefficient (Wildman–Crippen LogP) is 3.90. The fraction of sp³-hybridized carbons (Fsp3) is 0.250. The van der Waals surface area contributed by atoms with Crippen molar-refractivity contribution in [3.8, 4) is 11.5 Å². The van der Waals surface area contributed by atoms with E-state index in [-0.39, 0.29) is 6.61 Å². The minimum atomic E-state index is 0.0601. The molecule has 0 amide bonds. The highest BCUT2D eigenvalue weighted by atomic mass is 16.5. The first-order chi connectivity index (χ1) is 8.61.